The van der Waals surface area contributed by atoms with Crippen LogP contribution < -0.4 is 5.32 Å². The molecule has 4 nitrogen and oxygen atoms in total. The predicted octanol–water partition coefficient (Wildman–Crippen LogP) is 7.65. The Morgan fingerprint density at radius 1 is 0.903 bits per heavy atom. The molecule has 5 heteroatoms. The lowest BCUT2D eigenvalue weighted by Crippen LogP contribution is -2.12. The minimum atomic E-state index is -0.214. The molecule has 31 heavy (non-hydrogen) atoms. The summed E-state index contributed by atoms with van der Waals surface area (Å²) < 4.78 is 5.94. The van der Waals surface area contributed by atoms with Gasteiger partial charge in [-0.3, -0.25) is 4.79 Å². The van der Waals surface area contributed by atoms with Gasteiger partial charge in [-0.05, 0) is 65.4 Å². The maximum Gasteiger partial charge on any atom is 0.255 e. The number of fused-ring (bicyclic) bond motifs is 1. The molecule has 4 aromatic rings. The van der Waals surface area contributed by atoms with Gasteiger partial charge < -0.3 is 9.73 Å². The minimum absolute atomic E-state index is 0.214. The van der Waals surface area contributed by atoms with Crippen LogP contribution in [0, 0.1) is 0 Å². The maximum absolute atomic E-state index is 12.7. The Bertz CT molecular complexity index is 1240. The zero-order valence-electron chi connectivity index (χ0n) is 18.1. The highest BCUT2D eigenvalue weighted by atomic mass is 35.5. The summed E-state index contributed by atoms with van der Waals surface area (Å²) in [6.45, 7) is 8.53. The fraction of sp³-hybridized carbons (Fsp3) is 0.231. The average Bonchev–Trinajstić information content (AvgIpc) is 3.18. The molecule has 0 radical (unpaired) electrons. The second-order valence-corrected chi connectivity index (χ2v) is 8.73. The minimum Gasteiger partial charge on any atom is -0.436 e. The third kappa shape index (κ3) is 4.49. The van der Waals surface area contributed by atoms with Crippen molar-refractivity contribution in [2.75, 3.05) is 5.32 Å². The maximum atomic E-state index is 12.7. The van der Waals surface area contributed by atoms with Gasteiger partial charge in [-0.15, -0.1) is 0 Å². The Morgan fingerprint density at radius 3 is 2.26 bits per heavy atom. The van der Waals surface area contributed by atoms with Gasteiger partial charge in [-0.1, -0.05) is 57.5 Å². The van der Waals surface area contributed by atoms with Crippen LogP contribution in [-0.2, 0) is 0 Å². The number of anilines is 1. The van der Waals surface area contributed by atoms with Crippen molar-refractivity contribution in [3.8, 4) is 11.5 Å². The number of nitrogens with zero attached hydrogens (tertiary/aromatic N) is 1. The molecular weight excluding hydrogens is 408 g/mol. The number of hydrogen-bond acceptors (Lipinski definition) is 3. The van der Waals surface area contributed by atoms with Gasteiger partial charge in [0.2, 0.25) is 5.89 Å². The van der Waals surface area contributed by atoms with Crippen LogP contribution in [0.2, 0.25) is 5.02 Å². The molecule has 3 aromatic carbocycles. The fourth-order valence-electron chi connectivity index (χ4n) is 3.40. The van der Waals surface area contributed by atoms with Gasteiger partial charge in [0, 0.05) is 11.1 Å². The topological polar surface area (TPSA) is 55.1 Å². The van der Waals surface area contributed by atoms with E-state index < -0.39 is 0 Å². The second-order valence-electron chi connectivity index (χ2n) is 8.33. The lowest BCUT2D eigenvalue weighted by molar-refractivity contribution is 0.102. The number of rotatable bonds is 5. The Morgan fingerprint density at radius 2 is 1.58 bits per heavy atom. The number of nitrogens with one attached hydrogen (secondary N) is 1. The van der Waals surface area contributed by atoms with E-state index in [9.17, 15) is 4.79 Å². The molecule has 0 bridgehead atoms. The van der Waals surface area contributed by atoms with Crippen LogP contribution in [-0.4, -0.2) is 10.9 Å². The Kier molecular flexibility index (Phi) is 5.84. The smallest absolute Gasteiger partial charge is 0.255 e. The summed E-state index contributed by atoms with van der Waals surface area (Å²) >= 11 is 6.35. The van der Waals surface area contributed by atoms with Crippen molar-refractivity contribution in [2.45, 2.75) is 39.5 Å². The Hall–Kier alpha value is -3.11. The van der Waals surface area contributed by atoms with Gasteiger partial charge in [0.05, 0.1) is 10.7 Å². The van der Waals surface area contributed by atoms with E-state index in [1.165, 1.54) is 11.1 Å². The molecule has 0 atom stereocenters. The molecule has 0 aliphatic heterocycles. The normalized spacial score (nSPS) is 11.5. The molecule has 1 aromatic heterocycles. The monoisotopic (exact) mass is 432 g/mol. The number of aromatic nitrogens is 1. The molecule has 0 unspecified atom stereocenters. The van der Waals surface area contributed by atoms with E-state index in [1.807, 2.05) is 42.5 Å². The summed E-state index contributed by atoms with van der Waals surface area (Å²) in [6, 6.07) is 19.0. The van der Waals surface area contributed by atoms with Crippen LogP contribution in [0.4, 0.5) is 5.69 Å². The Labute approximate surface area is 187 Å². The van der Waals surface area contributed by atoms with Crippen LogP contribution in [0.25, 0.3) is 22.6 Å². The van der Waals surface area contributed by atoms with Gasteiger partial charge in [0.25, 0.3) is 5.91 Å². The van der Waals surface area contributed by atoms with Crippen molar-refractivity contribution < 1.29 is 9.21 Å². The standard InChI is InChI=1S/C26H25ClN2O2/c1-15(2)17-5-7-18(8-6-17)25(30)28-22-14-20(9-11-21(22)27)26-29-23-13-19(16(3)4)10-12-24(23)31-26/h5-16H,1-4H3,(H,28,30). The van der Waals surface area contributed by atoms with Crippen molar-refractivity contribution in [2.24, 2.45) is 0 Å². The van der Waals surface area contributed by atoms with E-state index >= 15 is 0 Å². The second kappa shape index (κ2) is 8.56. The number of amides is 1. The molecule has 0 saturated heterocycles. The van der Waals surface area contributed by atoms with Crippen LogP contribution in [0.5, 0.6) is 0 Å². The third-order valence-corrected chi connectivity index (χ3v) is 5.71. The molecule has 158 valence electrons. The zero-order chi connectivity index (χ0) is 22.1. The van der Waals surface area contributed by atoms with Crippen molar-refractivity contribution >= 4 is 34.3 Å². The zero-order valence-corrected chi connectivity index (χ0v) is 18.8. The highest BCUT2D eigenvalue weighted by molar-refractivity contribution is 6.34. The molecule has 1 N–H and O–H groups in total. The molecule has 1 heterocycles. The van der Waals surface area contributed by atoms with Crippen molar-refractivity contribution in [3.63, 3.8) is 0 Å². The van der Waals surface area contributed by atoms with E-state index in [2.05, 4.69) is 44.1 Å². The van der Waals surface area contributed by atoms with Gasteiger partial charge in [-0.2, -0.15) is 0 Å². The van der Waals surface area contributed by atoms with Crippen molar-refractivity contribution in [1.82, 2.24) is 4.98 Å². The van der Waals surface area contributed by atoms with Gasteiger partial charge >= 0.3 is 0 Å². The fourth-order valence-corrected chi connectivity index (χ4v) is 3.56. The van der Waals surface area contributed by atoms with E-state index in [0.717, 1.165) is 16.7 Å². The number of carbonyl (C=O) groups is 1. The summed E-state index contributed by atoms with van der Waals surface area (Å²) in [5.41, 5.74) is 5.78. The molecule has 0 aliphatic rings. The predicted molar refractivity (Wildman–Crippen MR) is 127 cm³/mol. The SMILES string of the molecule is CC(C)c1ccc(C(=O)Nc2cc(-c3nc4cc(C(C)C)ccc4o3)ccc2Cl)cc1. The summed E-state index contributed by atoms with van der Waals surface area (Å²) in [4.78, 5) is 17.4. The molecule has 1 amide bonds. The van der Waals surface area contributed by atoms with E-state index in [4.69, 9.17) is 16.0 Å². The van der Waals surface area contributed by atoms with Crippen LogP contribution in [0.15, 0.2) is 65.1 Å². The first-order chi connectivity index (χ1) is 14.8. The highest BCUT2D eigenvalue weighted by Crippen LogP contribution is 2.31. The van der Waals surface area contributed by atoms with Crippen molar-refractivity contribution in [1.29, 1.82) is 0 Å². The molecular formula is C26H25ClN2O2. The number of oxazole rings is 1. The molecule has 0 saturated carbocycles. The summed E-state index contributed by atoms with van der Waals surface area (Å²) in [7, 11) is 0. The molecule has 4 rings (SSSR count). The van der Waals surface area contributed by atoms with Gasteiger partial charge in [-0.25, -0.2) is 4.98 Å². The van der Waals surface area contributed by atoms with E-state index in [-0.39, 0.29) is 5.91 Å². The lowest BCUT2D eigenvalue weighted by Gasteiger charge is -2.10. The van der Waals surface area contributed by atoms with E-state index in [0.29, 0.717) is 34.0 Å². The number of carbonyl (C=O) groups excluding carboxylic acids is 1. The Balaban J connectivity index is 1.61. The summed E-state index contributed by atoms with van der Waals surface area (Å²) in [6.07, 6.45) is 0. The van der Waals surface area contributed by atoms with Crippen LogP contribution in [0.1, 0.15) is 61.0 Å². The van der Waals surface area contributed by atoms with Crippen LogP contribution in [0.3, 0.4) is 0 Å². The first-order valence-corrected chi connectivity index (χ1v) is 10.8. The third-order valence-electron chi connectivity index (χ3n) is 5.38. The summed E-state index contributed by atoms with van der Waals surface area (Å²) in [5, 5.41) is 3.36. The lowest BCUT2D eigenvalue weighted by atomic mass is 10.0. The largest absolute Gasteiger partial charge is 0.436 e. The average molecular weight is 433 g/mol. The first-order valence-electron chi connectivity index (χ1n) is 10.4. The number of halogens is 1. The van der Waals surface area contributed by atoms with Gasteiger partial charge in [0.1, 0.15) is 5.52 Å². The number of benzene rings is 3. The first kappa shape index (κ1) is 21.1. The van der Waals surface area contributed by atoms with Gasteiger partial charge in [0.15, 0.2) is 5.58 Å². The summed E-state index contributed by atoms with van der Waals surface area (Å²) in [5.74, 6) is 1.10. The molecule has 0 fully saturated rings. The molecule has 0 spiro atoms. The molecule has 0 aliphatic carbocycles. The highest BCUT2D eigenvalue weighted by Gasteiger charge is 2.14. The van der Waals surface area contributed by atoms with Crippen molar-refractivity contribution in [3.05, 3.63) is 82.4 Å². The quantitative estimate of drug-likeness (QED) is 0.352. The van der Waals surface area contributed by atoms with Crippen LogP contribution >= 0.6 is 11.6 Å². The van der Waals surface area contributed by atoms with E-state index in [1.54, 1.807) is 12.1 Å². The number of hydrogen-bond donors (Lipinski definition) is 1.